The van der Waals surface area contributed by atoms with E-state index in [4.69, 9.17) is 0 Å². The van der Waals surface area contributed by atoms with E-state index < -0.39 is 0 Å². The highest BCUT2D eigenvalue weighted by molar-refractivity contribution is 6.15. The molecule has 0 aliphatic rings. The molecule has 0 fully saturated rings. The second-order valence-corrected chi connectivity index (χ2v) is 5.90. The normalized spacial score (nSPS) is 14.2. The molecule has 49 valence electrons. The van der Waals surface area contributed by atoms with Gasteiger partial charge in [0.25, 0.3) is 0 Å². The molecule has 0 aromatic rings. The minimum absolute atomic E-state index is 0.450. The van der Waals surface area contributed by atoms with Crippen molar-refractivity contribution in [1.29, 1.82) is 0 Å². The molecule has 1 radical (unpaired) electrons. The van der Waals surface area contributed by atoms with Crippen molar-refractivity contribution in [3.05, 3.63) is 0 Å². The molecule has 0 nitrogen and oxygen atoms in total. The zero-order chi connectivity index (χ0) is 7.00. The minimum Gasteiger partial charge on any atom is -0.0627 e. The third kappa shape index (κ3) is 1.99. The molecule has 0 N–H and O–H groups in total. The minimum atomic E-state index is 0.450. The van der Waals surface area contributed by atoms with Gasteiger partial charge in [-0.3, -0.25) is 0 Å². The Morgan fingerprint density at radius 1 is 0.875 bits per heavy atom. The quantitative estimate of drug-likeness (QED) is 0.438. The van der Waals surface area contributed by atoms with E-state index in [0.29, 0.717) is 10.5 Å². The van der Waals surface area contributed by atoms with Crippen LogP contribution in [0.4, 0.5) is 0 Å². The Hall–Kier alpha value is 0.217. The smallest absolute Gasteiger partial charge is 0.0163 e. The largest absolute Gasteiger partial charge is 0.0627 e. The van der Waals surface area contributed by atoms with E-state index in [1.165, 1.54) is 0 Å². The van der Waals surface area contributed by atoms with E-state index in [9.17, 15) is 0 Å². The van der Waals surface area contributed by atoms with E-state index in [-0.39, 0.29) is 0 Å². The Labute approximate surface area is 56.1 Å². The number of rotatable bonds is 0. The highest BCUT2D eigenvalue weighted by Gasteiger charge is 2.26. The van der Waals surface area contributed by atoms with Crippen molar-refractivity contribution in [2.45, 2.75) is 39.7 Å². The standard InChI is InChI=1S/C7H17Si/c1-6(2,3)7(4,5)8/h8H2,1-5H3. The van der Waals surface area contributed by atoms with Crippen molar-refractivity contribution in [3.8, 4) is 0 Å². The molecular formula is C7H17Si. The van der Waals surface area contributed by atoms with Crippen LogP contribution in [-0.2, 0) is 0 Å². The van der Waals surface area contributed by atoms with E-state index in [1.54, 1.807) is 0 Å². The van der Waals surface area contributed by atoms with Crippen molar-refractivity contribution < 1.29 is 0 Å². The van der Waals surface area contributed by atoms with Gasteiger partial charge in [0, 0.05) is 10.2 Å². The Balaban J connectivity index is 4.02. The lowest BCUT2D eigenvalue weighted by atomic mass is 9.82. The Kier molecular flexibility index (Phi) is 1.92. The highest BCUT2D eigenvalue weighted by atomic mass is 28.1. The van der Waals surface area contributed by atoms with E-state index in [0.717, 1.165) is 0 Å². The van der Waals surface area contributed by atoms with Crippen molar-refractivity contribution in [2.75, 3.05) is 0 Å². The Morgan fingerprint density at radius 2 is 1.00 bits per heavy atom. The number of hydrogen-bond donors (Lipinski definition) is 0. The van der Waals surface area contributed by atoms with Crippen LogP contribution in [0.2, 0.25) is 5.04 Å². The first kappa shape index (κ1) is 8.22. The average molecular weight is 129 g/mol. The monoisotopic (exact) mass is 129 g/mol. The topological polar surface area (TPSA) is 0 Å². The third-order valence-electron chi connectivity index (χ3n) is 2.03. The summed E-state index contributed by atoms with van der Waals surface area (Å²) in [4.78, 5) is 0. The lowest BCUT2D eigenvalue weighted by molar-refractivity contribution is 0.303. The van der Waals surface area contributed by atoms with Gasteiger partial charge in [-0.15, -0.1) is 0 Å². The fourth-order valence-electron chi connectivity index (χ4n) is 0. The summed E-state index contributed by atoms with van der Waals surface area (Å²) >= 11 is 0. The molecule has 0 aliphatic carbocycles. The lowest BCUT2D eigenvalue weighted by Gasteiger charge is -2.34. The van der Waals surface area contributed by atoms with Crippen molar-refractivity contribution >= 4 is 10.2 Å². The van der Waals surface area contributed by atoms with Gasteiger partial charge in [-0.2, -0.15) is 0 Å². The molecule has 0 aromatic heterocycles. The summed E-state index contributed by atoms with van der Waals surface area (Å²) in [5, 5.41) is 0.465. The van der Waals surface area contributed by atoms with Gasteiger partial charge < -0.3 is 0 Å². The molecule has 0 aliphatic heterocycles. The maximum absolute atomic E-state index is 2.28. The summed E-state index contributed by atoms with van der Waals surface area (Å²) in [6, 6.07) is 0. The van der Waals surface area contributed by atoms with Crippen LogP contribution in [0.15, 0.2) is 0 Å². The highest BCUT2D eigenvalue weighted by Crippen LogP contribution is 2.40. The fraction of sp³-hybridized carbons (Fsp3) is 1.00. The zero-order valence-corrected chi connectivity index (χ0v) is 8.12. The second-order valence-electron chi connectivity index (χ2n) is 4.13. The molecule has 0 rings (SSSR count). The molecule has 0 amide bonds. The summed E-state index contributed by atoms with van der Waals surface area (Å²) in [5.41, 5.74) is 0.450. The SMILES string of the molecule is CC(C)(C)C(C)(C)[SiH2]. The predicted molar refractivity (Wildman–Crippen MR) is 42.0 cm³/mol. The molecule has 0 aromatic carbocycles. The summed E-state index contributed by atoms with van der Waals surface area (Å²) in [6.45, 7) is 11.4. The lowest BCUT2D eigenvalue weighted by Crippen LogP contribution is -2.22. The molecule has 0 spiro atoms. The first-order chi connectivity index (χ1) is 3.25. The molecular weight excluding hydrogens is 112 g/mol. The molecule has 0 bridgehead atoms. The van der Waals surface area contributed by atoms with E-state index >= 15 is 0 Å². The van der Waals surface area contributed by atoms with Crippen LogP contribution in [-0.4, -0.2) is 10.2 Å². The Bertz CT molecular complexity index is 59.4. The molecule has 0 saturated carbocycles. The van der Waals surface area contributed by atoms with Gasteiger partial charge in [-0.25, -0.2) is 0 Å². The van der Waals surface area contributed by atoms with Gasteiger partial charge in [0.15, 0.2) is 0 Å². The van der Waals surface area contributed by atoms with Crippen LogP contribution in [0, 0.1) is 5.41 Å². The van der Waals surface area contributed by atoms with Crippen LogP contribution in [0.1, 0.15) is 34.6 Å². The van der Waals surface area contributed by atoms with Crippen molar-refractivity contribution in [2.24, 2.45) is 5.41 Å². The van der Waals surface area contributed by atoms with Crippen LogP contribution >= 0.6 is 0 Å². The first-order valence-corrected chi connectivity index (χ1v) is 3.81. The Morgan fingerprint density at radius 3 is 1.00 bits per heavy atom. The molecule has 0 heterocycles. The van der Waals surface area contributed by atoms with Gasteiger partial charge >= 0.3 is 0 Å². The van der Waals surface area contributed by atoms with E-state index in [1.807, 2.05) is 0 Å². The first-order valence-electron chi connectivity index (χ1n) is 3.10. The van der Waals surface area contributed by atoms with Gasteiger partial charge in [0.2, 0.25) is 0 Å². The molecule has 0 saturated heterocycles. The summed E-state index contributed by atoms with van der Waals surface area (Å²) in [6.07, 6.45) is 0. The van der Waals surface area contributed by atoms with Crippen molar-refractivity contribution in [3.63, 3.8) is 0 Å². The van der Waals surface area contributed by atoms with Crippen LogP contribution in [0.5, 0.6) is 0 Å². The van der Waals surface area contributed by atoms with E-state index in [2.05, 4.69) is 44.9 Å². The van der Waals surface area contributed by atoms with Crippen LogP contribution in [0.25, 0.3) is 0 Å². The molecule has 0 unspecified atom stereocenters. The van der Waals surface area contributed by atoms with Gasteiger partial charge in [-0.05, 0) is 10.5 Å². The predicted octanol–water partition coefficient (Wildman–Crippen LogP) is 1.86. The summed E-state index contributed by atoms with van der Waals surface area (Å²) < 4.78 is 0. The third-order valence-corrected chi connectivity index (χ3v) is 3.09. The molecule has 0 atom stereocenters. The maximum atomic E-state index is 2.28. The van der Waals surface area contributed by atoms with Crippen LogP contribution in [0.3, 0.4) is 0 Å². The zero-order valence-electron chi connectivity index (χ0n) is 6.71. The summed E-state index contributed by atoms with van der Waals surface area (Å²) in [7, 11) is 2.07. The van der Waals surface area contributed by atoms with Crippen LogP contribution < -0.4 is 0 Å². The fourth-order valence-corrected chi connectivity index (χ4v) is 0. The number of hydrogen-bond acceptors (Lipinski definition) is 0. The molecule has 8 heavy (non-hydrogen) atoms. The second kappa shape index (κ2) is 1.87. The molecule has 1 heteroatoms. The van der Waals surface area contributed by atoms with Crippen molar-refractivity contribution in [1.82, 2.24) is 0 Å². The van der Waals surface area contributed by atoms with Gasteiger partial charge in [0.1, 0.15) is 0 Å². The maximum Gasteiger partial charge on any atom is 0.0163 e. The summed E-state index contributed by atoms with van der Waals surface area (Å²) in [5.74, 6) is 0. The average Bonchev–Trinajstić information content (AvgIpc) is 1.25. The van der Waals surface area contributed by atoms with Gasteiger partial charge in [-0.1, -0.05) is 34.6 Å². The van der Waals surface area contributed by atoms with Gasteiger partial charge in [0.05, 0.1) is 0 Å².